The van der Waals surface area contributed by atoms with Gasteiger partial charge in [0.15, 0.2) is 0 Å². The monoisotopic (exact) mass is 242 g/mol. The molecule has 0 aliphatic rings. The Kier molecular flexibility index (Phi) is 5.95. The van der Waals surface area contributed by atoms with Crippen LogP contribution in [0.1, 0.15) is 41.4 Å². The van der Waals surface area contributed by atoms with Crippen LogP contribution >= 0.6 is 11.3 Å². The number of methoxy groups -OCH3 is 1. The van der Waals surface area contributed by atoms with Crippen LogP contribution in [0, 0.1) is 13.8 Å². The van der Waals surface area contributed by atoms with E-state index in [0.29, 0.717) is 6.04 Å². The molecule has 0 bridgehead atoms. The van der Waals surface area contributed by atoms with Crippen LogP contribution in [0.3, 0.4) is 0 Å². The van der Waals surface area contributed by atoms with Gasteiger partial charge in [0.25, 0.3) is 0 Å². The largest absolute Gasteiger partial charge is 0.385 e. The van der Waals surface area contributed by atoms with Crippen molar-refractivity contribution in [1.82, 2.24) is 10.3 Å². The van der Waals surface area contributed by atoms with Crippen molar-refractivity contribution in [2.24, 2.45) is 0 Å². The highest BCUT2D eigenvalue weighted by atomic mass is 32.1. The van der Waals surface area contributed by atoms with Crippen LogP contribution in [0.15, 0.2) is 0 Å². The molecule has 1 aromatic rings. The van der Waals surface area contributed by atoms with Crippen LogP contribution in [0.25, 0.3) is 0 Å². The molecule has 0 radical (unpaired) electrons. The molecule has 0 spiro atoms. The number of aromatic nitrogens is 1. The Morgan fingerprint density at radius 1 is 1.38 bits per heavy atom. The molecule has 0 saturated heterocycles. The second-order valence-corrected chi connectivity index (χ2v) is 5.29. The first-order chi connectivity index (χ1) is 7.65. The van der Waals surface area contributed by atoms with E-state index in [1.165, 1.54) is 10.6 Å². The van der Waals surface area contributed by atoms with Gasteiger partial charge in [-0.25, -0.2) is 4.98 Å². The number of ether oxygens (including phenoxy) is 1. The van der Waals surface area contributed by atoms with Gasteiger partial charge in [0, 0.05) is 24.6 Å². The number of hydrogen-bond acceptors (Lipinski definition) is 4. The number of aryl methyl sites for hydroxylation is 2. The lowest BCUT2D eigenvalue weighted by molar-refractivity contribution is 0.192. The van der Waals surface area contributed by atoms with E-state index < -0.39 is 0 Å². The average Bonchev–Trinajstić information content (AvgIpc) is 2.57. The minimum atomic E-state index is 0.411. The minimum Gasteiger partial charge on any atom is -0.385 e. The molecule has 1 rings (SSSR count). The lowest BCUT2D eigenvalue weighted by Gasteiger charge is -2.12. The molecule has 1 atom stereocenters. The van der Waals surface area contributed by atoms with Crippen molar-refractivity contribution in [3.63, 3.8) is 0 Å². The van der Waals surface area contributed by atoms with Gasteiger partial charge in [0.1, 0.15) is 0 Å². The zero-order valence-corrected chi connectivity index (χ0v) is 11.5. The summed E-state index contributed by atoms with van der Waals surface area (Å²) >= 11 is 1.79. The third kappa shape index (κ3) is 4.20. The zero-order chi connectivity index (χ0) is 12.0. The van der Waals surface area contributed by atoms with Crippen molar-refractivity contribution in [1.29, 1.82) is 0 Å². The number of unbranched alkanes of at least 4 members (excludes halogenated alkanes) is 1. The molecule has 16 heavy (non-hydrogen) atoms. The molecule has 92 valence electrons. The predicted octanol–water partition coefficient (Wildman–Crippen LogP) is 2.84. The molecule has 0 saturated carbocycles. The van der Waals surface area contributed by atoms with E-state index in [-0.39, 0.29) is 0 Å². The SMILES string of the molecule is COCCCCNC(C)c1sc(C)nc1C. The van der Waals surface area contributed by atoms with Gasteiger partial charge in [0.2, 0.25) is 0 Å². The van der Waals surface area contributed by atoms with Gasteiger partial charge in [-0.1, -0.05) is 0 Å². The van der Waals surface area contributed by atoms with Gasteiger partial charge in [-0.05, 0) is 40.2 Å². The second-order valence-electron chi connectivity index (χ2n) is 4.06. The number of rotatable bonds is 7. The van der Waals surface area contributed by atoms with Crippen LogP contribution in [-0.4, -0.2) is 25.2 Å². The van der Waals surface area contributed by atoms with Crippen LogP contribution in [0.4, 0.5) is 0 Å². The van der Waals surface area contributed by atoms with E-state index in [4.69, 9.17) is 4.74 Å². The van der Waals surface area contributed by atoms with Crippen LogP contribution < -0.4 is 5.32 Å². The van der Waals surface area contributed by atoms with E-state index in [1.54, 1.807) is 18.4 Å². The first-order valence-electron chi connectivity index (χ1n) is 5.81. The Bertz CT molecular complexity index is 312. The summed E-state index contributed by atoms with van der Waals surface area (Å²) in [6.45, 7) is 8.25. The lowest BCUT2D eigenvalue weighted by Crippen LogP contribution is -2.19. The van der Waals surface area contributed by atoms with Crippen LogP contribution in [-0.2, 0) is 4.74 Å². The number of hydrogen-bond donors (Lipinski definition) is 1. The molecule has 0 fully saturated rings. The fourth-order valence-electron chi connectivity index (χ4n) is 1.73. The van der Waals surface area contributed by atoms with E-state index in [2.05, 4.69) is 31.1 Å². The maximum Gasteiger partial charge on any atom is 0.0900 e. The molecule has 0 aliphatic carbocycles. The van der Waals surface area contributed by atoms with Gasteiger partial charge in [-0.2, -0.15) is 0 Å². The van der Waals surface area contributed by atoms with Crippen LogP contribution in [0.5, 0.6) is 0 Å². The zero-order valence-electron chi connectivity index (χ0n) is 10.7. The van der Waals surface area contributed by atoms with Crippen molar-refractivity contribution < 1.29 is 4.74 Å². The first kappa shape index (κ1) is 13.6. The Morgan fingerprint density at radius 3 is 2.69 bits per heavy atom. The Morgan fingerprint density at radius 2 is 2.12 bits per heavy atom. The van der Waals surface area contributed by atoms with Crippen molar-refractivity contribution in [2.75, 3.05) is 20.3 Å². The van der Waals surface area contributed by atoms with E-state index in [9.17, 15) is 0 Å². The lowest BCUT2D eigenvalue weighted by atomic mass is 10.2. The Hall–Kier alpha value is -0.450. The first-order valence-corrected chi connectivity index (χ1v) is 6.63. The predicted molar refractivity (Wildman–Crippen MR) is 69.1 cm³/mol. The fourth-order valence-corrected chi connectivity index (χ4v) is 2.69. The molecule has 4 heteroatoms. The third-order valence-corrected chi connectivity index (χ3v) is 3.81. The van der Waals surface area contributed by atoms with Crippen molar-refractivity contribution in [3.05, 3.63) is 15.6 Å². The summed E-state index contributed by atoms with van der Waals surface area (Å²) in [6.07, 6.45) is 2.28. The summed E-state index contributed by atoms with van der Waals surface area (Å²) in [5.74, 6) is 0. The summed E-state index contributed by atoms with van der Waals surface area (Å²) in [5.41, 5.74) is 1.17. The second kappa shape index (κ2) is 6.99. The van der Waals surface area contributed by atoms with Gasteiger partial charge >= 0.3 is 0 Å². The number of thiazole rings is 1. The molecule has 0 aliphatic heterocycles. The van der Waals surface area contributed by atoms with E-state index >= 15 is 0 Å². The standard InChI is InChI=1S/C12H22N2OS/c1-9(13-7-5-6-8-15-4)12-10(2)14-11(3)16-12/h9,13H,5-8H2,1-4H3. The summed E-state index contributed by atoms with van der Waals surface area (Å²) in [5, 5.41) is 4.68. The van der Waals surface area contributed by atoms with Gasteiger partial charge in [0.05, 0.1) is 10.7 Å². The third-order valence-electron chi connectivity index (χ3n) is 2.56. The minimum absolute atomic E-state index is 0.411. The summed E-state index contributed by atoms with van der Waals surface area (Å²) in [6, 6.07) is 0.411. The fraction of sp³-hybridized carbons (Fsp3) is 0.750. The molecular formula is C12H22N2OS. The topological polar surface area (TPSA) is 34.1 Å². The maximum absolute atomic E-state index is 5.02. The van der Waals surface area contributed by atoms with Crippen molar-refractivity contribution >= 4 is 11.3 Å². The average molecular weight is 242 g/mol. The van der Waals surface area contributed by atoms with E-state index in [0.717, 1.165) is 31.0 Å². The van der Waals surface area contributed by atoms with Gasteiger partial charge in [-0.3, -0.25) is 0 Å². The molecule has 0 amide bonds. The normalized spacial score (nSPS) is 13.0. The molecule has 0 aromatic carbocycles. The highest BCUT2D eigenvalue weighted by Gasteiger charge is 2.11. The Labute approximate surface area is 102 Å². The smallest absolute Gasteiger partial charge is 0.0900 e. The molecule has 1 heterocycles. The van der Waals surface area contributed by atoms with E-state index in [1.807, 2.05) is 0 Å². The van der Waals surface area contributed by atoms with Crippen LogP contribution in [0.2, 0.25) is 0 Å². The molecule has 1 aromatic heterocycles. The summed E-state index contributed by atoms with van der Waals surface area (Å²) < 4.78 is 5.02. The maximum atomic E-state index is 5.02. The summed E-state index contributed by atoms with van der Waals surface area (Å²) in [4.78, 5) is 5.81. The number of nitrogens with zero attached hydrogens (tertiary/aromatic N) is 1. The highest BCUT2D eigenvalue weighted by Crippen LogP contribution is 2.24. The molecule has 1 N–H and O–H groups in total. The molecule has 3 nitrogen and oxygen atoms in total. The van der Waals surface area contributed by atoms with Crippen molar-refractivity contribution in [3.8, 4) is 0 Å². The number of nitrogens with one attached hydrogen (secondary N) is 1. The molecule has 1 unspecified atom stereocenters. The Balaban J connectivity index is 2.29. The quantitative estimate of drug-likeness (QED) is 0.747. The van der Waals surface area contributed by atoms with Gasteiger partial charge in [-0.15, -0.1) is 11.3 Å². The summed E-state index contributed by atoms with van der Waals surface area (Å²) in [7, 11) is 1.75. The molecular weight excluding hydrogens is 220 g/mol. The highest BCUT2D eigenvalue weighted by molar-refractivity contribution is 7.11. The van der Waals surface area contributed by atoms with Crippen molar-refractivity contribution in [2.45, 2.75) is 39.7 Å². The van der Waals surface area contributed by atoms with Gasteiger partial charge < -0.3 is 10.1 Å².